The fraction of sp³-hybridized carbons (Fsp3) is 0.583. The number of benzene rings is 1. The lowest BCUT2D eigenvalue weighted by molar-refractivity contribution is 0.195. The SMILES string of the molecule is COc1ccc(CN2CCC[C@H](c3cc(=O)[nH]c(N4CCCCC4)n3)C2)c(OC)c1OC. The van der Waals surface area contributed by atoms with Crippen molar-refractivity contribution in [3.8, 4) is 17.2 Å². The molecule has 8 nitrogen and oxygen atoms in total. The summed E-state index contributed by atoms with van der Waals surface area (Å²) in [6.07, 6.45) is 5.65. The highest BCUT2D eigenvalue weighted by Gasteiger charge is 2.26. The lowest BCUT2D eigenvalue weighted by atomic mass is 9.94. The van der Waals surface area contributed by atoms with Gasteiger partial charge in [-0.25, -0.2) is 4.98 Å². The highest BCUT2D eigenvalue weighted by atomic mass is 16.5. The first kappa shape index (κ1) is 22.5. The van der Waals surface area contributed by atoms with E-state index in [1.54, 1.807) is 27.4 Å². The number of ether oxygens (including phenoxy) is 3. The minimum Gasteiger partial charge on any atom is -0.493 e. The van der Waals surface area contributed by atoms with Crippen molar-refractivity contribution in [2.24, 2.45) is 0 Å². The molecule has 2 fully saturated rings. The van der Waals surface area contributed by atoms with Crippen LogP contribution in [0.1, 0.15) is 49.3 Å². The van der Waals surface area contributed by atoms with E-state index in [1.807, 2.05) is 12.1 Å². The number of aromatic nitrogens is 2. The van der Waals surface area contributed by atoms with Gasteiger partial charge in [-0.1, -0.05) is 6.07 Å². The van der Waals surface area contributed by atoms with Crippen LogP contribution in [-0.2, 0) is 6.54 Å². The second-order valence-corrected chi connectivity index (χ2v) is 8.61. The number of hydrogen-bond acceptors (Lipinski definition) is 7. The van der Waals surface area contributed by atoms with Gasteiger partial charge in [0.05, 0.1) is 27.0 Å². The van der Waals surface area contributed by atoms with Gasteiger partial charge in [0, 0.05) is 43.7 Å². The highest BCUT2D eigenvalue weighted by molar-refractivity contribution is 5.55. The third kappa shape index (κ3) is 4.85. The molecule has 0 amide bonds. The Kier molecular flexibility index (Phi) is 7.19. The summed E-state index contributed by atoms with van der Waals surface area (Å²) < 4.78 is 16.6. The fourth-order valence-corrected chi connectivity index (χ4v) is 4.90. The van der Waals surface area contributed by atoms with Crippen molar-refractivity contribution in [3.63, 3.8) is 0 Å². The van der Waals surface area contributed by atoms with Crippen LogP contribution in [0.2, 0.25) is 0 Å². The molecule has 0 aliphatic carbocycles. The predicted octanol–water partition coefficient (Wildman–Crippen LogP) is 3.17. The smallest absolute Gasteiger partial charge is 0.252 e. The lowest BCUT2D eigenvalue weighted by Crippen LogP contribution is -2.36. The van der Waals surface area contributed by atoms with Gasteiger partial charge in [0.15, 0.2) is 11.5 Å². The molecule has 3 heterocycles. The molecule has 1 atom stereocenters. The zero-order valence-electron chi connectivity index (χ0n) is 19.4. The first-order valence-corrected chi connectivity index (χ1v) is 11.5. The highest BCUT2D eigenvalue weighted by Crippen LogP contribution is 2.40. The molecule has 0 unspecified atom stereocenters. The van der Waals surface area contributed by atoms with Crippen LogP contribution >= 0.6 is 0 Å². The maximum absolute atomic E-state index is 12.4. The Hall–Kier alpha value is -2.74. The molecule has 0 bridgehead atoms. The van der Waals surface area contributed by atoms with Crippen molar-refractivity contribution in [1.82, 2.24) is 14.9 Å². The van der Waals surface area contributed by atoms with Crippen LogP contribution in [0.3, 0.4) is 0 Å². The van der Waals surface area contributed by atoms with Crippen molar-refractivity contribution in [2.45, 2.75) is 44.6 Å². The molecule has 0 saturated carbocycles. The molecule has 8 heteroatoms. The number of nitrogens with one attached hydrogen (secondary N) is 1. The molecule has 0 radical (unpaired) electrons. The minimum absolute atomic E-state index is 0.0609. The van der Waals surface area contributed by atoms with Crippen molar-refractivity contribution in [1.29, 1.82) is 0 Å². The summed E-state index contributed by atoms with van der Waals surface area (Å²) in [7, 11) is 4.90. The Morgan fingerprint density at radius 1 is 1.00 bits per heavy atom. The van der Waals surface area contributed by atoms with Gasteiger partial charge >= 0.3 is 0 Å². The van der Waals surface area contributed by atoms with E-state index >= 15 is 0 Å². The third-order valence-electron chi connectivity index (χ3n) is 6.51. The normalized spacial score (nSPS) is 19.6. The van der Waals surface area contributed by atoms with Crippen LogP contribution < -0.4 is 24.7 Å². The number of nitrogens with zero attached hydrogens (tertiary/aromatic N) is 3. The van der Waals surface area contributed by atoms with E-state index in [0.29, 0.717) is 17.2 Å². The van der Waals surface area contributed by atoms with E-state index in [0.717, 1.165) is 75.6 Å². The van der Waals surface area contributed by atoms with E-state index in [1.165, 1.54) is 6.42 Å². The Morgan fingerprint density at radius 2 is 1.78 bits per heavy atom. The van der Waals surface area contributed by atoms with Gasteiger partial charge in [0.25, 0.3) is 5.56 Å². The van der Waals surface area contributed by atoms with Gasteiger partial charge in [0.1, 0.15) is 0 Å². The number of H-pyrrole nitrogens is 1. The predicted molar refractivity (Wildman–Crippen MR) is 124 cm³/mol. The van der Waals surface area contributed by atoms with Gasteiger partial charge < -0.3 is 19.1 Å². The zero-order valence-corrected chi connectivity index (χ0v) is 19.4. The summed E-state index contributed by atoms with van der Waals surface area (Å²) in [4.78, 5) is 24.9. The molecule has 4 rings (SSSR count). The topological polar surface area (TPSA) is 79.9 Å². The quantitative estimate of drug-likeness (QED) is 0.705. The number of rotatable bonds is 7. The maximum Gasteiger partial charge on any atom is 0.252 e. The van der Waals surface area contributed by atoms with Crippen molar-refractivity contribution >= 4 is 5.95 Å². The van der Waals surface area contributed by atoms with Gasteiger partial charge in [-0.3, -0.25) is 14.7 Å². The van der Waals surface area contributed by atoms with Gasteiger partial charge in [-0.15, -0.1) is 0 Å². The number of piperidine rings is 2. The molecule has 2 aromatic rings. The summed E-state index contributed by atoms with van der Waals surface area (Å²) in [5, 5.41) is 0. The molecule has 174 valence electrons. The number of aromatic amines is 1. The average molecular weight is 443 g/mol. The Labute approximate surface area is 189 Å². The number of likely N-dealkylation sites (tertiary alicyclic amines) is 1. The molecule has 2 aliphatic heterocycles. The van der Waals surface area contributed by atoms with Crippen molar-refractivity contribution < 1.29 is 14.2 Å². The molecule has 2 saturated heterocycles. The van der Waals surface area contributed by atoms with Gasteiger partial charge in [-0.2, -0.15) is 0 Å². The zero-order chi connectivity index (χ0) is 22.5. The summed E-state index contributed by atoms with van der Waals surface area (Å²) in [6.45, 7) is 4.51. The number of anilines is 1. The summed E-state index contributed by atoms with van der Waals surface area (Å²) >= 11 is 0. The first-order valence-electron chi connectivity index (χ1n) is 11.5. The Morgan fingerprint density at radius 3 is 2.50 bits per heavy atom. The molecule has 1 aromatic heterocycles. The second-order valence-electron chi connectivity index (χ2n) is 8.61. The summed E-state index contributed by atoms with van der Waals surface area (Å²) in [5.41, 5.74) is 1.89. The van der Waals surface area contributed by atoms with Crippen LogP contribution in [0, 0.1) is 0 Å². The second kappa shape index (κ2) is 10.3. The van der Waals surface area contributed by atoms with E-state index in [9.17, 15) is 4.79 Å². The van der Waals surface area contributed by atoms with Gasteiger partial charge in [0.2, 0.25) is 11.7 Å². The van der Waals surface area contributed by atoms with E-state index < -0.39 is 0 Å². The van der Waals surface area contributed by atoms with Crippen LogP contribution in [0.4, 0.5) is 5.95 Å². The van der Waals surface area contributed by atoms with Gasteiger partial charge in [-0.05, 0) is 44.7 Å². The standard InChI is InChI=1S/C24H34N4O4/c1-30-20-10-9-18(22(31-2)23(20)32-3)16-27-11-7-8-17(15-27)19-14-21(29)26-24(25-19)28-12-5-4-6-13-28/h9-10,14,17H,4-8,11-13,15-16H2,1-3H3,(H,25,26,29)/t17-/m0/s1. The first-order chi connectivity index (χ1) is 15.6. The summed E-state index contributed by atoms with van der Waals surface area (Å²) in [5.74, 6) is 2.94. The average Bonchev–Trinajstić information content (AvgIpc) is 2.84. The van der Waals surface area contributed by atoms with E-state index in [-0.39, 0.29) is 11.5 Å². The molecule has 1 aromatic carbocycles. The monoisotopic (exact) mass is 442 g/mol. The Balaban J connectivity index is 1.52. The molecule has 32 heavy (non-hydrogen) atoms. The summed E-state index contributed by atoms with van der Waals surface area (Å²) in [6, 6.07) is 5.63. The Bertz CT molecular complexity index is 971. The van der Waals surface area contributed by atoms with Crippen LogP contribution in [0.25, 0.3) is 0 Å². The van der Waals surface area contributed by atoms with Crippen LogP contribution in [0.5, 0.6) is 17.2 Å². The molecular weight excluding hydrogens is 408 g/mol. The molecule has 1 N–H and O–H groups in total. The largest absolute Gasteiger partial charge is 0.493 e. The van der Waals surface area contributed by atoms with Crippen molar-refractivity contribution in [3.05, 3.63) is 39.8 Å². The number of hydrogen-bond donors (Lipinski definition) is 1. The number of methoxy groups -OCH3 is 3. The van der Waals surface area contributed by atoms with E-state index in [4.69, 9.17) is 19.2 Å². The molecule has 0 spiro atoms. The fourth-order valence-electron chi connectivity index (χ4n) is 4.90. The van der Waals surface area contributed by atoms with Crippen LogP contribution in [0.15, 0.2) is 23.0 Å². The molecule has 2 aliphatic rings. The minimum atomic E-state index is -0.0609. The lowest BCUT2D eigenvalue weighted by Gasteiger charge is -2.33. The molecular formula is C24H34N4O4. The van der Waals surface area contributed by atoms with Crippen molar-refractivity contribution in [2.75, 3.05) is 52.4 Å². The van der Waals surface area contributed by atoms with E-state index in [2.05, 4.69) is 14.8 Å². The van der Waals surface area contributed by atoms with Crippen LogP contribution in [-0.4, -0.2) is 62.4 Å². The maximum atomic E-state index is 12.4. The third-order valence-corrected chi connectivity index (χ3v) is 6.51.